The van der Waals surface area contributed by atoms with Crippen molar-refractivity contribution in [1.29, 1.82) is 0 Å². The van der Waals surface area contributed by atoms with Crippen LogP contribution in [0.5, 0.6) is 0 Å². The first-order valence-corrected chi connectivity index (χ1v) is 15.6. The lowest BCUT2D eigenvalue weighted by Gasteiger charge is -2.16. The van der Waals surface area contributed by atoms with Crippen LogP contribution >= 0.6 is 0 Å². The third kappa shape index (κ3) is 3.19. The molecule has 0 aliphatic heterocycles. The van der Waals surface area contributed by atoms with Crippen molar-refractivity contribution in [2.75, 3.05) is 0 Å². The van der Waals surface area contributed by atoms with Crippen LogP contribution in [0, 0.1) is 6.92 Å². The van der Waals surface area contributed by atoms with Gasteiger partial charge in [-0.1, -0.05) is 127 Å². The van der Waals surface area contributed by atoms with Gasteiger partial charge in [0.2, 0.25) is 0 Å². The molecular formula is C43H29N. The maximum absolute atomic E-state index is 2.66. The van der Waals surface area contributed by atoms with Crippen molar-refractivity contribution in [2.24, 2.45) is 0 Å². The number of fused-ring (bicyclic) bond motifs is 15. The summed E-state index contributed by atoms with van der Waals surface area (Å²) in [6, 6.07) is 49.8. The van der Waals surface area contributed by atoms with Gasteiger partial charge in [0, 0.05) is 29.1 Å². The van der Waals surface area contributed by atoms with Crippen LogP contribution in [0.15, 0.2) is 133 Å². The predicted octanol–water partition coefficient (Wildman–Crippen LogP) is 11.3. The van der Waals surface area contributed by atoms with Crippen LogP contribution in [0.1, 0.15) is 22.3 Å². The SMILES string of the molecule is Cc1cc(Cn2c3c4c(c5ccccc5c3c3ccc5ccccc5c32)-c2ccccc2C4)cc2ccc3ccccc3c12. The highest BCUT2D eigenvalue weighted by Gasteiger charge is 2.28. The van der Waals surface area contributed by atoms with Gasteiger partial charge in [-0.3, -0.25) is 0 Å². The lowest BCUT2D eigenvalue weighted by molar-refractivity contribution is 0.868. The molecule has 0 amide bonds. The third-order valence-electron chi connectivity index (χ3n) is 10.1. The molecule has 1 nitrogen and oxygen atoms in total. The topological polar surface area (TPSA) is 4.93 Å². The van der Waals surface area contributed by atoms with Crippen LogP contribution in [0.25, 0.3) is 76.0 Å². The van der Waals surface area contributed by atoms with Crippen molar-refractivity contribution in [3.05, 3.63) is 156 Å². The van der Waals surface area contributed by atoms with Gasteiger partial charge in [-0.25, -0.2) is 0 Å². The Balaban J connectivity index is 1.34. The molecule has 0 saturated heterocycles. The second-order valence-corrected chi connectivity index (χ2v) is 12.5. The van der Waals surface area contributed by atoms with E-state index in [1.165, 1.54) is 98.3 Å². The molecule has 206 valence electrons. The van der Waals surface area contributed by atoms with Crippen molar-refractivity contribution in [3.63, 3.8) is 0 Å². The van der Waals surface area contributed by atoms with Gasteiger partial charge in [0.15, 0.2) is 0 Å². The maximum atomic E-state index is 2.66. The van der Waals surface area contributed by atoms with Crippen LogP contribution in [-0.4, -0.2) is 4.57 Å². The highest BCUT2D eigenvalue weighted by molar-refractivity contribution is 6.29. The van der Waals surface area contributed by atoms with Crippen LogP contribution in [0.2, 0.25) is 0 Å². The van der Waals surface area contributed by atoms with Gasteiger partial charge in [0.1, 0.15) is 0 Å². The Morgan fingerprint density at radius 2 is 1.18 bits per heavy atom. The van der Waals surface area contributed by atoms with Gasteiger partial charge in [0.05, 0.1) is 11.0 Å². The number of benzene rings is 8. The molecule has 1 aliphatic rings. The molecule has 0 spiro atoms. The van der Waals surface area contributed by atoms with Crippen molar-refractivity contribution in [1.82, 2.24) is 4.57 Å². The van der Waals surface area contributed by atoms with Gasteiger partial charge in [-0.05, 0) is 84.1 Å². The first-order valence-electron chi connectivity index (χ1n) is 15.6. The quantitative estimate of drug-likeness (QED) is 0.186. The molecular weight excluding hydrogens is 530 g/mol. The van der Waals surface area contributed by atoms with Crippen LogP contribution in [0.4, 0.5) is 0 Å². The van der Waals surface area contributed by atoms with E-state index in [-0.39, 0.29) is 0 Å². The summed E-state index contributed by atoms with van der Waals surface area (Å²) in [5.74, 6) is 0. The van der Waals surface area contributed by atoms with Crippen molar-refractivity contribution >= 4 is 64.9 Å². The Labute approximate surface area is 255 Å². The minimum Gasteiger partial charge on any atom is -0.335 e. The van der Waals surface area contributed by atoms with E-state index in [9.17, 15) is 0 Å². The fraction of sp³-hybridized carbons (Fsp3) is 0.0698. The average molecular weight is 560 g/mol. The Bertz CT molecular complexity index is 2670. The van der Waals surface area contributed by atoms with E-state index in [4.69, 9.17) is 0 Å². The molecule has 0 atom stereocenters. The van der Waals surface area contributed by atoms with E-state index in [0.29, 0.717) is 0 Å². The van der Waals surface area contributed by atoms with E-state index in [1.807, 2.05) is 0 Å². The van der Waals surface area contributed by atoms with Gasteiger partial charge in [-0.2, -0.15) is 0 Å². The number of hydrogen-bond donors (Lipinski definition) is 0. The third-order valence-corrected chi connectivity index (χ3v) is 10.1. The summed E-state index contributed by atoms with van der Waals surface area (Å²) in [6.07, 6.45) is 0.962. The Morgan fingerprint density at radius 3 is 2.05 bits per heavy atom. The van der Waals surface area contributed by atoms with Gasteiger partial charge in [0.25, 0.3) is 0 Å². The molecule has 8 aromatic carbocycles. The molecule has 0 fully saturated rings. The fourth-order valence-electron chi connectivity index (χ4n) is 8.37. The van der Waals surface area contributed by atoms with Crippen LogP contribution in [-0.2, 0) is 13.0 Å². The first-order chi connectivity index (χ1) is 21.7. The maximum Gasteiger partial charge on any atom is 0.0574 e. The smallest absolute Gasteiger partial charge is 0.0574 e. The number of aryl methyl sites for hydroxylation is 1. The zero-order chi connectivity index (χ0) is 28.9. The molecule has 44 heavy (non-hydrogen) atoms. The summed E-state index contributed by atoms with van der Waals surface area (Å²) in [5.41, 5.74) is 11.1. The zero-order valence-corrected chi connectivity index (χ0v) is 24.6. The molecule has 0 saturated carbocycles. The van der Waals surface area contributed by atoms with E-state index in [2.05, 4.69) is 145 Å². The number of rotatable bonds is 2. The largest absolute Gasteiger partial charge is 0.335 e. The van der Waals surface area contributed by atoms with Crippen molar-refractivity contribution in [2.45, 2.75) is 19.9 Å². The molecule has 0 bridgehead atoms. The molecule has 1 aromatic heterocycles. The van der Waals surface area contributed by atoms with E-state index in [1.54, 1.807) is 0 Å². The summed E-state index contributed by atoms with van der Waals surface area (Å²) in [5, 5.41) is 13.3. The van der Waals surface area contributed by atoms with E-state index >= 15 is 0 Å². The van der Waals surface area contributed by atoms with Crippen LogP contribution in [0.3, 0.4) is 0 Å². The normalized spacial score (nSPS) is 12.7. The van der Waals surface area contributed by atoms with Gasteiger partial charge in [-0.15, -0.1) is 0 Å². The second kappa shape index (κ2) is 8.81. The monoisotopic (exact) mass is 559 g/mol. The number of nitrogens with zero attached hydrogens (tertiary/aromatic N) is 1. The van der Waals surface area contributed by atoms with E-state index in [0.717, 1.165) is 13.0 Å². The molecule has 0 radical (unpaired) electrons. The molecule has 9 aromatic rings. The molecule has 1 aliphatic carbocycles. The lowest BCUT2D eigenvalue weighted by Crippen LogP contribution is -2.03. The predicted molar refractivity (Wildman–Crippen MR) is 188 cm³/mol. The summed E-state index contributed by atoms with van der Waals surface area (Å²) in [4.78, 5) is 0. The number of hydrogen-bond acceptors (Lipinski definition) is 0. The molecule has 1 heteroatoms. The van der Waals surface area contributed by atoms with Gasteiger partial charge < -0.3 is 4.57 Å². The minimum atomic E-state index is 0.818. The van der Waals surface area contributed by atoms with Crippen molar-refractivity contribution < 1.29 is 0 Å². The molecule has 0 unspecified atom stereocenters. The molecule has 10 rings (SSSR count). The average Bonchev–Trinajstić information content (AvgIpc) is 3.61. The summed E-state index contributed by atoms with van der Waals surface area (Å²) >= 11 is 0. The molecule has 0 N–H and O–H groups in total. The minimum absolute atomic E-state index is 0.818. The highest BCUT2D eigenvalue weighted by atomic mass is 15.0. The Morgan fingerprint density at radius 1 is 0.523 bits per heavy atom. The summed E-state index contributed by atoms with van der Waals surface area (Å²) < 4.78 is 2.66. The van der Waals surface area contributed by atoms with Gasteiger partial charge >= 0.3 is 0 Å². The highest BCUT2D eigenvalue weighted by Crippen LogP contribution is 2.49. The zero-order valence-electron chi connectivity index (χ0n) is 24.6. The van der Waals surface area contributed by atoms with Crippen LogP contribution < -0.4 is 0 Å². The Hall–Kier alpha value is -5.40. The first kappa shape index (κ1) is 24.1. The standard InChI is InChI=1S/C43H29N/c1-26-22-27(23-31-19-18-28-10-2-5-13-32(28)39(26)31)25-44-42-34-15-7-3-11-29(34)20-21-37(42)41-36-17-9-8-16-35(36)40-33-14-6-4-12-30(33)24-38(40)43(41)44/h2-23H,24-25H2,1H3. The summed E-state index contributed by atoms with van der Waals surface area (Å²) in [7, 11) is 0. The summed E-state index contributed by atoms with van der Waals surface area (Å²) in [6.45, 7) is 3.10. The lowest BCUT2D eigenvalue weighted by atomic mass is 9.93. The van der Waals surface area contributed by atoms with E-state index < -0.39 is 0 Å². The Kier molecular flexibility index (Phi) is 4.82. The number of aromatic nitrogens is 1. The molecule has 1 heterocycles. The fourth-order valence-corrected chi connectivity index (χ4v) is 8.37. The second-order valence-electron chi connectivity index (χ2n) is 12.5. The van der Waals surface area contributed by atoms with Crippen molar-refractivity contribution in [3.8, 4) is 11.1 Å².